The number of amides is 3. The Bertz CT molecular complexity index is 360. The van der Waals surface area contributed by atoms with Crippen LogP contribution >= 0.6 is 0 Å². The molecule has 0 spiro atoms. The average molecular weight is 285 g/mol. The van der Waals surface area contributed by atoms with Gasteiger partial charge in [0.05, 0.1) is 5.92 Å². The number of hydrogen-bond acceptors (Lipinski definition) is 4. The summed E-state index contributed by atoms with van der Waals surface area (Å²) in [6, 6.07) is -0.520. The van der Waals surface area contributed by atoms with E-state index in [4.69, 9.17) is 5.11 Å². The molecule has 0 aromatic rings. The topological polar surface area (TPSA) is 108 Å². The van der Waals surface area contributed by atoms with E-state index in [0.717, 1.165) is 25.7 Å². The minimum absolute atomic E-state index is 0.128. The Morgan fingerprint density at radius 3 is 2.55 bits per heavy atom. The lowest BCUT2D eigenvalue weighted by molar-refractivity contribution is -0.144. The number of carboxylic acids is 1. The van der Waals surface area contributed by atoms with Crippen molar-refractivity contribution in [1.29, 1.82) is 0 Å². The van der Waals surface area contributed by atoms with Crippen LogP contribution in [-0.2, 0) is 9.59 Å². The molecule has 0 bridgehead atoms. The molecule has 114 valence electrons. The van der Waals surface area contributed by atoms with Gasteiger partial charge in [-0.2, -0.15) is 0 Å². The molecular formula is C13H23N3O4. The molecule has 1 aliphatic rings. The molecule has 0 saturated heterocycles. The Morgan fingerprint density at radius 1 is 1.20 bits per heavy atom. The van der Waals surface area contributed by atoms with Gasteiger partial charge in [0, 0.05) is 20.0 Å². The molecule has 0 aliphatic heterocycles. The maximum absolute atomic E-state index is 11.3. The van der Waals surface area contributed by atoms with Crippen LogP contribution in [0.2, 0.25) is 0 Å². The highest BCUT2D eigenvalue weighted by atomic mass is 16.4. The van der Waals surface area contributed by atoms with Gasteiger partial charge in [-0.1, -0.05) is 12.8 Å². The van der Waals surface area contributed by atoms with E-state index in [1.54, 1.807) is 0 Å². The van der Waals surface area contributed by atoms with Crippen LogP contribution in [-0.4, -0.2) is 43.2 Å². The van der Waals surface area contributed by atoms with Crippen molar-refractivity contribution in [1.82, 2.24) is 16.0 Å². The van der Waals surface area contributed by atoms with Gasteiger partial charge in [0.15, 0.2) is 0 Å². The van der Waals surface area contributed by atoms with Crippen LogP contribution < -0.4 is 16.0 Å². The Hall–Kier alpha value is -1.63. The zero-order valence-corrected chi connectivity index (χ0v) is 11.8. The van der Waals surface area contributed by atoms with Crippen LogP contribution in [0.3, 0.4) is 0 Å². The van der Waals surface area contributed by atoms with Crippen LogP contribution in [0, 0.1) is 11.8 Å². The summed E-state index contributed by atoms with van der Waals surface area (Å²) in [5, 5.41) is 16.7. The summed E-state index contributed by atoms with van der Waals surface area (Å²) in [6.07, 6.45) is 3.88. The number of nitrogens with one attached hydrogen (secondary N) is 3. The van der Waals surface area contributed by atoms with Gasteiger partial charge in [-0.15, -0.1) is 0 Å². The number of rotatable bonds is 6. The molecule has 7 nitrogen and oxygen atoms in total. The molecule has 1 saturated carbocycles. The molecule has 4 N–H and O–H groups in total. The van der Waals surface area contributed by atoms with Crippen molar-refractivity contribution < 1.29 is 19.5 Å². The Kier molecular flexibility index (Phi) is 7.00. The highest BCUT2D eigenvalue weighted by Crippen LogP contribution is 2.29. The molecule has 1 fully saturated rings. The summed E-state index contributed by atoms with van der Waals surface area (Å²) in [4.78, 5) is 33.3. The van der Waals surface area contributed by atoms with Gasteiger partial charge in [0.1, 0.15) is 0 Å². The van der Waals surface area contributed by atoms with Crippen molar-refractivity contribution in [3.8, 4) is 0 Å². The Balaban J connectivity index is 2.21. The van der Waals surface area contributed by atoms with E-state index in [2.05, 4.69) is 16.0 Å². The predicted octanol–water partition coefficient (Wildman–Crippen LogP) is 0.313. The molecule has 1 rings (SSSR count). The number of hydrogen-bond donors (Lipinski definition) is 4. The zero-order chi connectivity index (χ0) is 15.0. The zero-order valence-electron chi connectivity index (χ0n) is 11.8. The number of carbonyl (C=O) groups is 3. The molecule has 0 radical (unpaired) electrons. The fourth-order valence-corrected chi connectivity index (χ4v) is 2.52. The molecule has 0 heterocycles. The van der Waals surface area contributed by atoms with Crippen molar-refractivity contribution >= 4 is 17.9 Å². The summed E-state index contributed by atoms with van der Waals surface area (Å²) in [6.45, 7) is 1.04. The van der Waals surface area contributed by atoms with Crippen molar-refractivity contribution in [2.75, 3.05) is 20.1 Å². The number of urea groups is 1. The second-order valence-corrected chi connectivity index (χ2v) is 5.07. The Labute approximate surface area is 118 Å². The molecular weight excluding hydrogens is 262 g/mol. The van der Waals surface area contributed by atoms with Crippen LogP contribution in [0.1, 0.15) is 32.1 Å². The highest BCUT2D eigenvalue weighted by molar-refractivity contribution is 5.94. The van der Waals surface area contributed by atoms with E-state index in [0.29, 0.717) is 13.1 Å². The third-order valence-corrected chi connectivity index (χ3v) is 3.64. The lowest BCUT2D eigenvalue weighted by Crippen LogP contribution is -2.39. The number of aliphatic carboxylic acids is 1. The fourth-order valence-electron chi connectivity index (χ4n) is 2.52. The van der Waals surface area contributed by atoms with Crippen molar-refractivity contribution in [2.45, 2.75) is 32.1 Å². The van der Waals surface area contributed by atoms with Crippen molar-refractivity contribution in [3.05, 3.63) is 0 Å². The van der Waals surface area contributed by atoms with Crippen LogP contribution in [0.4, 0.5) is 4.79 Å². The molecule has 2 atom stereocenters. The van der Waals surface area contributed by atoms with Gasteiger partial charge in [0.25, 0.3) is 0 Å². The summed E-state index contributed by atoms with van der Waals surface area (Å²) >= 11 is 0. The monoisotopic (exact) mass is 285 g/mol. The second-order valence-electron chi connectivity index (χ2n) is 5.07. The second kappa shape index (κ2) is 8.52. The summed E-state index contributed by atoms with van der Waals surface area (Å²) in [7, 11) is 1.44. The van der Waals surface area contributed by atoms with E-state index in [1.807, 2.05) is 0 Å². The fraction of sp³-hybridized carbons (Fsp3) is 0.769. The van der Waals surface area contributed by atoms with E-state index in [-0.39, 0.29) is 24.2 Å². The number of carboxylic acid groups (broad SMARTS) is 1. The first-order valence-electron chi connectivity index (χ1n) is 6.99. The van der Waals surface area contributed by atoms with E-state index in [1.165, 1.54) is 7.05 Å². The first kappa shape index (κ1) is 16.4. The average Bonchev–Trinajstić information content (AvgIpc) is 2.43. The van der Waals surface area contributed by atoms with Gasteiger partial charge in [-0.3, -0.25) is 14.9 Å². The largest absolute Gasteiger partial charge is 0.481 e. The van der Waals surface area contributed by atoms with Crippen molar-refractivity contribution in [2.24, 2.45) is 11.8 Å². The number of imide groups is 1. The minimum Gasteiger partial charge on any atom is -0.481 e. The summed E-state index contributed by atoms with van der Waals surface area (Å²) < 4.78 is 0. The summed E-state index contributed by atoms with van der Waals surface area (Å²) in [5.41, 5.74) is 0. The van der Waals surface area contributed by atoms with Crippen LogP contribution in [0.25, 0.3) is 0 Å². The standard InChI is InChI=1S/C13H23N3O4/c1-14-13(20)16-11(17)6-7-15-8-9-4-2-3-5-10(9)12(18)19/h9-10,15H,2-8H2,1H3,(H,18,19)(H2,14,16,17,20). The first-order chi connectivity index (χ1) is 9.54. The molecule has 1 aliphatic carbocycles. The highest BCUT2D eigenvalue weighted by Gasteiger charge is 2.30. The third-order valence-electron chi connectivity index (χ3n) is 3.64. The minimum atomic E-state index is -0.728. The quantitative estimate of drug-likeness (QED) is 0.525. The number of carbonyl (C=O) groups excluding carboxylic acids is 2. The van der Waals surface area contributed by atoms with Crippen LogP contribution in [0.5, 0.6) is 0 Å². The molecule has 7 heteroatoms. The van der Waals surface area contributed by atoms with Gasteiger partial charge in [-0.25, -0.2) is 4.79 Å². The normalized spacial score (nSPS) is 22.1. The van der Waals surface area contributed by atoms with E-state index < -0.39 is 12.0 Å². The van der Waals surface area contributed by atoms with Gasteiger partial charge < -0.3 is 15.7 Å². The van der Waals surface area contributed by atoms with Gasteiger partial charge in [0.2, 0.25) is 5.91 Å². The SMILES string of the molecule is CNC(=O)NC(=O)CCNCC1CCCCC1C(=O)O. The van der Waals surface area contributed by atoms with Gasteiger partial charge >= 0.3 is 12.0 Å². The maximum Gasteiger partial charge on any atom is 0.321 e. The van der Waals surface area contributed by atoms with Gasteiger partial charge in [-0.05, 0) is 25.3 Å². The van der Waals surface area contributed by atoms with E-state index >= 15 is 0 Å². The molecule has 3 amide bonds. The first-order valence-corrected chi connectivity index (χ1v) is 6.99. The maximum atomic E-state index is 11.3. The van der Waals surface area contributed by atoms with Crippen molar-refractivity contribution in [3.63, 3.8) is 0 Å². The lowest BCUT2D eigenvalue weighted by atomic mass is 9.79. The van der Waals surface area contributed by atoms with Crippen LogP contribution in [0.15, 0.2) is 0 Å². The molecule has 2 unspecified atom stereocenters. The van der Waals surface area contributed by atoms with E-state index in [9.17, 15) is 14.4 Å². The summed E-state index contributed by atoms with van der Waals surface area (Å²) in [5.74, 6) is -1.23. The Morgan fingerprint density at radius 2 is 1.90 bits per heavy atom. The molecule has 20 heavy (non-hydrogen) atoms. The lowest BCUT2D eigenvalue weighted by Gasteiger charge is -2.28. The smallest absolute Gasteiger partial charge is 0.321 e. The predicted molar refractivity (Wildman–Crippen MR) is 73.2 cm³/mol. The third kappa shape index (κ3) is 5.56. The molecule has 0 aromatic heterocycles. The molecule has 0 aromatic carbocycles.